The summed E-state index contributed by atoms with van der Waals surface area (Å²) in [6.45, 7) is 2.17. The molecule has 0 aromatic heterocycles. The first-order chi connectivity index (χ1) is 8.74. The van der Waals surface area contributed by atoms with E-state index in [0.29, 0.717) is 6.04 Å². The van der Waals surface area contributed by atoms with Gasteiger partial charge in [0, 0.05) is 19.9 Å². The van der Waals surface area contributed by atoms with Gasteiger partial charge in [-0.25, -0.2) is 0 Å². The molecule has 1 atom stereocenters. The number of rotatable bonds is 2. The molecule has 92 valence electrons. The topological polar surface area (TPSA) is 12.0 Å². The predicted octanol–water partition coefficient (Wildman–Crippen LogP) is 4.86. The van der Waals surface area contributed by atoms with Crippen LogP contribution in [0.5, 0.6) is 0 Å². The number of aryl methyl sites for hydroxylation is 1. The molecule has 0 aliphatic carbocycles. The van der Waals surface area contributed by atoms with Crippen LogP contribution in [0.4, 0.5) is 5.69 Å². The fourth-order valence-corrected chi connectivity index (χ4v) is 4.07. The van der Waals surface area contributed by atoms with Gasteiger partial charge in [-0.15, -0.1) is 11.8 Å². The third-order valence-electron chi connectivity index (χ3n) is 3.22. The first kappa shape index (κ1) is 12.4. The van der Waals surface area contributed by atoms with Gasteiger partial charge in [-0.2, -0.15) is 0 Å². The summed E-state index contributed by atoms with van der Waals surface area (Å²) in [5.41, 5.74) is 3.99. The summed E-state index contributed by atoms with van der Waals surface area (Å²) in [7, 11) is 0. The molecule has 1 N–H and O–H groups in total. The molecule has 1 nitrogen and oxygen atoms in total. The van der Waals surface area contributed by atoms with E-state index in [9.17, 15) is 0 Å². The smallest absolute Gasteiger partial charge is 0.0618 e. The lowest BCUT2D eigenvalue weighted by Gasteiger charge is -2.16. The van der Waals surface area contributed by atoms with Crippen LogP contribution in [-0.2, 0) is 0 Å². The molecule has 0 saturated carbocycles. The van der Waals surface area contributed by atoms with Crippen molar-refractivity contribution in [3.05, 3.63) is 57.2 Å². The Morgan fingerprint density at radius 1 is 1.22 bits per heavy atom. The van der Waals surface area contributed by atoms with Crippen molar-refractivity contribution in [3.63, 3.8) is 0 Å². The standard InChI is InChI=1S/C15H14INS/c1-10-8-11(16)6-7-13(10)17-14-9-18-15-5-3-2-4-12(14)15/h2-8,14,17H,9H2,1H3. The fourth-order valence-electron chi connectivity index (χ4n) is 2.26. The molecule has 0 fully saturated rings. The van der Waals surface area contributed by atoms with Crippen molar-refractivity contribution in [2.24, 2.45) is 0 Å². The molecule has 0 radical (unpaired) electrons. The number of anilines is 1. The molecule has 2 aromatic carbocycles. The highest BCUT2D eigenvalue weighted by molar-refractivity contribution is 14.1. The zero-order chi connectivity index (χ0) is 12.5. The minimum atomic E-state index is 0.435. The summed E-state index contributed by atoms with van der Waals surface area (Å²) in [5.74, 6) is 1.12. The number of hydrogen-bond donors (Lipinski definition) is 1. The Labute approximate surface area is 126 Å². The molecule has 2 aromatic rings. The highest BCUT2D eigenvalue weighted by Crippen LogP contribution is 2.39. The predicted molar refractivity (Wildman–Crippen MR) is 87.4 cm³/mol. The second-order valence-electron chi connectivity index (χ2n) is 4.50. The molecule has 1 unspecified atom stereocenters. The molecule has 0 amide bonds. The molecular weight excluding hydrogens is 353 g/mol. The van der Waals surface area contributed by atoms with Gasteiger partial charge in [0.2, 0.25) is 0 Å². The summed E-state index contributed by atoms with van der Waals surface area (Å²) in [6, 6.07) is 15.7. The largest absolute Gasteiger partial charge is 0.377 e. The normalized spacial score (nSPS) is 17.6. The van der Waals surface area contributed by atoms with E-state index in [4.69, 9.17) is 0 Å². The van der Waals surface area contributed by atoms with Crippen LogP contribution in [-0.4, -0.2) is 5.75 Å². The molecule has 0 spiro atoms. The first-order valence-corrected chi connectivity index (χ1v) is 8.05. The van der Waals surface area contributed by atoms with E-state index in [1.165, 1.54) is 25.3 Å². The van der Waals surface area contributed by atoms with Crippen LogP contribution in [0.2, 0.25) is 0 Å². The lowest BCUT2D eigenvalue weighted by Crippen LogP contribution is -2.10. The maximum absolute atomic E-state index is 3.67. The zero-order valence-electron chi connectivity index (χ0n) is 10.1. The molecule has 1 aliphatic rings. The quantitative estimate of drug-likeness (QED) is 0.761. The highest BCUT2D eigenvalue weighted by atomic mass is 127. The van der Waals surface area contributed by atoms with Crippen LogP contribution >= 0.6 is 34.4 Å². The van der Waals surface area contributed by atoms with Gasteiger partial charge in [0.1, 0.15) is 0 Å². The lowest BCUT2D eigenvalue weighted by molar-refractivity contribution is 0.898. The van der Waals surface area contributed by atoms with E-state index in [0.717, 1.165) is 5.75 Å². The number of nitrogens with one attached hydrogen (secondary N) is 1. The van der Waals surface area contributed by atoms with Crippen molar-refractivity contribution in [1.82, 2.24) is 0 Å². The van der Waals surface area contributed by atoms with E-state index < -0.39 is 0 Å². The van der Waals surface area contributed by atoms with E-state index >= 15 is 0 Å². The minimum absolute atomic E-state index is 0.435. The average molecular weight is 367 g/mol. The summed E-state index contributed by atoms with van der Waals surface area (Å²) < 4.78 is 1.29. The molecule has 1 heterocycles. The van der Waals surface area contributed by atoms with E-state index in [-0.39, 0.29) is 0 Å². The number of benzene rings is 2. The average Bonchev–Trinajstić information content (AvgIpc) is 2.76. The molecular formula is C15H14INS. The van der Waals surface area contributed by atoms with Crippen LogP contribution in [0, 0.1) is 10.5 Å². The summed E-state index contributed by atoms with van der Waals surface area (Å²) in [4.78, 5) is 1.41. The lowest BCUT2D eigenvalue weighted by atomic mass is 10.1. The Morgan fingerprint density at radius 3 is 2.89 bits per heavy atom. The fraction of sp³-hybridized carbons (Fsp3) is 0.200. The monoisotopic (exact) mass is 367 g/mol. The van der Waals surface area contributed by atoms with Gasteiger partial charge in [0.25, 0.3) is 0 Å². The summed E-state index contributed by atoms with van der Waals surface area (Å²) >= 11 is 4.30. The first-order valence-electron chi connectivity index (χ1n) is 5.98. The van der Waals surface area contributed by atoms with Crippen molar-refractivity contribution in [3.8, 4) is 0 Å². The van der Waals surface area contributed by atoms with Crippen LogP contribution < -0.4 is 5.32 Å². The van der Waals surface area contributed by atoms with Crippen molar-refractivity contribution in [1.29, 1.82) is 0 Å². The van der Waals surface area contributed by atoms with Crippen LogP contribution in [0.25, 0.3) is 0 Å². The molecule has 3 heteroatoms. The summed E-state index contributed by atoms with van der Waals surface area (Å²) in [5, 5.41) is 3.67. The maximum Gasteiger partial charge on any atom is 0.0618 e. The molecule has 0 saturated heterocycles. The molecule has 1 aliphatic heterocycles. The maximum atomic E-state index is 3.67. The summed E-state index contributed by atoms with van der Waals surface area (Å²) in [6.07, 6.45) is 0. The zero-order valence-corrected chi connectivity index (χ0v) is 13.1. The van der Waals surface area contributed by atoms with Gasteiger partial charge in [-0.1, -0.05) is 18.2 Å². The molecule has 0 bridgehead atoms. The highest BCUT2D eigenvalue weighted by Gasteiger charge is 2.22. The van der Waals surface area contributed by atoms with Gasteiger partial charge in [-0.05, 0) is 64.9 Å². The Kier molecular flexibility index (Phi) is 3.52. The number of thioether (sulfide) groups is 1. The molecule has 18 heavy (non-hydrogen) atoms. The van der Waals surface area contributed by atoms with Gasteiger partial charge >= 0.3 is 0 Å². The van der Waals surface area contributed by atoms with Gasteiger partial charge in [0.15, 0.2) is 0 Å². The Bertz CT molecular complexity index is 582. The molecule has 3 rings (SSSR count). The van der Waals surface area contributed by atoms with E-state index in [1.54, 1.807) is 0 Å². The van der Waals surface area contributed by atoms with E-state index in [1.807, 2.05) is 11.8 Å². The van der Waals surface area contributed by atoms with Crippen molar-refractivity contribution in [2.75, 3.05) is 11.1 Å². The Hall–Kier alpha value is -0.680. The van der Waals surface area contributed by atoms with Crippen molar-refractivity contribution in [2.45, 2.75) is 17.9 Å². The third kappa shape index (κ3) is 2.38. The van der Waals surface area contributed by atoms with Crippen LogP contribution in [0.15, 0.2) is 47.4 Å². The Balaban J connectivity index is 1.86. The Morgan fingerprint density at radius 2 is 2.06 bits per heavy atom. The van der Waals surface area contributed by atoms with Gasteiger partial charge in [0.05, 0.1) is 6.04 Å². The second kappa shape index (κ2) is 5.13. The van der Waals surface area contributed by atoms with Gasteiger partial charge in [-0.3, -0.25) is 0 Å². The SMILES string of the molecule is Cc1cc(I)ccc1NC1CSc2ccccc21. The van der Waals surface area contributed by atoms with Crippen molar-refractivity contribution >= 4 is 40.0 Å². The van der Waals surface area contributed by atoms with Crippen LogP contribution in [0.3, 0.4) is 0 Å². The minimum Gasteiger partial charge on any atom is -0.377 e. The van der Waals surface area contributed by atoms with Gasteiger partial charge < -0.3 is 5.32 Å². The van der Waals surface area contributed by atoms with E-state index in [2.05, 4.69) is 77.3 Å². The third-order valence-corrected chi connectivity index (χ3v) is 5.07. The second-order valence-corrected chi connectivity index (χ2v) is 6.81. The number of hydrogen-bond acceptors (Lipinski definition) is 2. The van der Waals surface area contributed by atoms with Crippen LogP contribution in [0.1, 0.15) is 17.2 Å². The number of fused-ring (bicyclic) bond motifs is 1. The number of halogens is 1. The van der Waals surface area contributed by atoms with Crippen molar-refractivity contribution < 1.29 is 0 Å².